The lowest BCUT2D eigenvalue weighted by Crippen LogP contribution is -2.59. The van der Waals surface area contributed by atoms with E-state index in [1.807, 2.05) is 35.2 Å². The van der Waals surface area contributed by atoms with Crippen molar-refractivity contribution in [3.05, 3.63) is 48.3 Å². The Kier molecular flexibility index (Phi) is 3.51. The third-order valence-corrected chi connectivity index (χ3v) is 3.90. The number of aromatic nitrogens is 2. The maximum Gasteiger partial charge on any atom is 0.257 e. The van der Waals surface area contributed by atoms with Gasteiger partial charge in [-0.1, -0.05) is 18.2 Å². The van der Waals surface area contributed by atoms with Gasteiger partial charge >= 0.3 is 0 Å². The van der Waals surface area contributed by atoms with E-state index in [1.165, 1.54) is 0 Å². The lowest BCUT2D eigenvalue weighted by Gasteiger charge is -2.42. The fraction of sp³-hybridized carbons (Fsp3) is 0.375. The Morgan fingerprint density at radius 1 is 1.29 bits per heavy atom. The molecule has 5 nitrogen and oxygen atoms in total. The van der Waals surface area contributed by atoms with Gasteiger partial charge in [-0.25, -0.2) is 4.68 Å². The number of carbonyl (C=O) groups excluding carboxylic acids is 1. The number of para-hydroxylation sites is 1. The number of nitrogens with zero attached hydrogens (tertiary/aromatic N) is 3. The van der Waals surface area contributed by atoms with Crippen molar-refractivity contribution in [2.24, 2.45) is 0 Å². The Morgan fingerprint density at radius 3 is 2.76 bits per heavy atom. The second-order valence-electron chi connectivity index (χ2n) is 5.96. The standard InChI is InChI=1S/C16H20N4O/c1-16(2)12-17-8-9-19(16)15(21)13-10-18-20(11-13)14-6-4-3-5-7-14/h3-7,10-11,17H,8-9,12H2,1-2H3. The fourth-order valence-corrected chi connectivity index (χ4v) is 2.67. The smallest absolute Gasteiger partial charge is 0.257 e. The number of nitrogens with one attached hydrogen (secondary N) is 1. The third-order valence-electron chi connectivity index (χ3n) is 3.90. The third kappa shape index (κ3) is 2.69. The summed E-state index contributed by atoms with van der Waals surface area (Å²) < 4.78 is 1.74. The molecule has 21 heavy (non-hydrogen) atoms. The molecule has 110 valence electrons. The van der Waals surface area contributed by atoms with Crippen LogP contribution in [0.25, 0.3) is 5.69 Å². The molecule has 1 saturated heterocycles. The largest absolute Gasteiger partial charge is 0.331 e. The highest BCUT2D eigenvalue weighted by molar-refractivity contribution is 5.94. The summed E-state index contributed by atoms with van der Waals surface area (Å²) in [5, 5.41) is 7.63. The number of carbonyl (C=O) groups is 1. The van der Waals surface area contributed by atoms with E-state index in [2.05, 4.69) is 24.3 Å². The molecule has 1 aliphatic heterocycles. The van der Waals surface area contributed by atoms with E-state index >= 15 is 0 Å². The number of hydrogen-bond acceptors (Lipinski definition) is 3. The van der Waals surface area contributed by atoms with Gasteiger partial charge in [-0.2, -0.15) is 5.10 Å². The van der Waals surface area contributed by atoms with Crippen molar-refractivity contribution in [2.45, 2.75) is 19.4 Å². The Hall–Kier alpha value is -2.14. The van der Waals surface area contributed by atoms with E-state index in [0.29, 0.717) is 5.56 Å². The predicted octanol–water partition coefficient (Wildman–Crippen LogP) is 1.70. The highest BCUT2D eigenvalue weighted by Gasteiger charge is 2.34. The Morgan fingerprint density at radius 2 is 2.05 bits per heavy atom. The number of piperazine rings is 1. The summed E-state index contributed by atoms with van der Waals surface area (Å²) in [5.74, 6) is 0.0451. The van der Waals surface area contributed by atoms with Gasteiger partial charge in [0.2, 0.25) is 0 Å². The second kappa shape index (κ2) is 5.33. The predicted molar refractivity (Wildman–Crippen MR) is 81.5 cm³/mol. The molecule has 1 N–H and O–H groups in total. The maximum absolute atomic E-state index is 12.7. The first-order valence-corrected chi connectivity index (χ1v) is 7.21. The van der Waals surface area contributed by atoms with Gasteiger partial charge in [0, 0.05) is 25.8 Å². The van der Waals surface area contributed by atoms with Crippen LogP contribution in [0, 0.1) is 0 Å². The average molecular weight is 284 g/mol. The zero-order valence-electron chi connectivity index (χ0n) is 12.4. The number of amides is 1. The summed E-state index contributed by atoms with van der Waals surface area (Å²) in [5.41, 5.74) is 1.41. The van der Waals surface area contributed by atoms with Gasteiger partial charge in [-0.3, -0.25) is 4.79 Å². The SMILES string of the molecule is CC1(C)CNCCN1C(=O)c1cnn(-c2ccccc2)c1. The van der Waals surface area contributed by atoms with Crippen molar-refractivity contribution in [1.82, 2.24) is 20.0 Å². The van der Waals surface area contributed by atoms with Crippen molar-refractivity contribution < 1.29 is 4.79 Å². The van der Waals surface area contributed by atoms with Crippen molar-refractivity contribution >= 4 is 5.91 Å². The van der Waals surface area contributed by atoms with E-state index in [0.717, 1.165) is 25.3 Å². The van der Waals surface area contributed by atoms with Crippen LogP contribution in [-0.4, -0.2) is 45.8 Å². The lowest BCUT2D eigenvalue weighted by molar-refractivity contribution is 0.0477. The van der Waals surface area contributed by atoms with Gasteiger partial charge < -0.3 is 10.2 Å². The van der Waals surface area contributed by atoms with Gasteiger partial charge in [0.15, 0.2) is 0 Å². The van der Waals surface area contributed by atoms with Crippen LogP contribution in [0.5, 0.6) is 0 Å². The molecule has 2 aromatic rings. The number of rotatable bonds is 2. The molecule has 0 spiro atoms. The fourth-order valence-electron chi connectivity index (χ4n) is 2.67. The van der Waals surface area contributed by atoms with Gasteiger partial charge in [0.25, 0.3) is 5.91 Å². The van der Waals surface area contributed by atoms with Gasteiger partial charge in [0.1, 0.15) is 0 Å². The second-order valence-corrected chi connectivity index (χ2v) is 5.96. The van der Waals surface area contributed by atoms with Gasteiger partial charge in [0.05, 0.1) is 23.0 Å². The molecule has 2 heterocycles. The van der Waals surface area contributed by atoms with Crippen LogP contribution < -0.4 is 5.32 Å². The van der Waals surface area contributed by atoms with Gasteiger partial charge in [-0.15, -0.1) is 0 Å². The van der Waals surface area contributed by atoms with E-state index < -0.39 is 0 Å². The molecule has 0 aliphatic carbocycles. The van der Waals surface area contributed by atoms with Crippen LogP contribution in [0.15, 0.2) is 42.7 Å². The van der Waals surface area contributed by atoms with Crippen molar-refractivity contribution in [3.63, 3.8) is 0 Å². The van der Waals surface area contributed by atoms with Crippen LogP contribution in [0.2, 0.25) is 0 Å². The molecule has 0 radical (unpaired) electrons. The zero-order valence-corrected chi connectivity index (χ0v) is 12.4. The van der Waals surface area contributed by atoms with E-state index in [-0.39, 0.29) is 11.4 Å². The summed E-state index contributed by atoms with van der Waals surface area (Å²) in [6, 6.07) is 9.81. The summed E-state index contributed by atoms with van der Waals surface area (Å²) in [6.45, 7) is 6.53. The Balaban J connectivity index is 1.84. The minimum Gasteiger partial charge on any atom is -0.331 e. The topological polar surface area (TPSA) is 50.2 Å². The van der Waals surface area contributed by atoms with Gasteiger partial charge in [-0.05, 0) is 26.0 Å². The molecule has 0 unspecified atom stereocenters. The Labute approximate surface area is 124 Å². The monoisotopic (exact) mass is 284 g/mol. The van der Waals surface area contributed by atoms with Crippen molar-refractivity contribution in [3.8, 4) is 5.69 Å². The summed E-state index contributed by atoms with van der Waals surface area (Å²) in [4.78, 5) is 14.6. The normalized spacial score (nSPS) is 17.7. The van der Waals surface area contributed by atoms with Crippen LogP contribution >= 0.6 is 0 Å². The minimum atomic E-state index is -0.176. The van der Waals surface area contributed by atoms with E-state index in [1.54, 1.807) is 17.1 Å². The average Bonchev–Trinajstić information content (AvgIpc) is 2.97. The molecule has 0 atom stereocenters. The molecule has 1 aliphatic rings. The van der Waals surface area contributed by atoms with Crippen LogP contribution in [-0.2, 0) is 0 Å². The number of benzene rings is 1. The summed E-state index contributed by atoms with van der Waals surface area (Å²) in [7, 11) is 0. The summed E-state index contributed by atoms with van der Waals surface area (Å²) >= 11 is 0. The first-order valence-electron chi connectivity index (χ1n) is 7.21. The number of hydrogen-bond donors (Lipinski definition) is 1. The van der Waals surface area contributed by atoms with Crippen LogP contribution in [0.4, 0.5) is 0 Å². The molecule has 1 aromatic heterocycles. The first-order chi connectivity index (χ1) is 10.1. The molecule has 0 saturated carbocycles. The molecular weight excluding hydrogens is 264 g/mol. The molecular formula is C16H20N4O. The molecule has 0 bridgehead atoms. The van der Waals surface area contributed by atoms with Crippen LogP contribution in [0.1, 0.15) is 24.2 Å². The summed E-state index contributed by atoms with van der Waals surface area (Å²) in [6.07, 6.45) is 3.45. The highest BCUT2D eigenvalue weighted by atomic mass is 16.2. The van der Waals surface area contributed by atoms with E-state index in [4.69, 9.17) is 0 Å². The Bertz CT molecular complexity index is 633. The molecule has 1 fully saturated rings. The molecule has 3 rings (SSSR count). The molecule has 1 aromatic carbocycles. The van der Waals surface area contributed by atoms with Crippen molar-refractivity contribution in [2.75, 3.05) is 19.6 Å². The minimum absolute atomic E-state index is 0.0451. The highest BCUT2D eigenvalue weighted by Crippen LogP contribution is 2.20. The lowest BCUT2D eigenvalue weighted by atomic mass is 9.99. The molecule has 5 heteroatoms. The van der Waals surface area contributed by atoms with Crippen LogP contribution in [0.3, 0.4) is 0 Å². The first kappa shape index (κ1) is 13.8. The quantitative estimate of drug-likeness (QED) is 0.913. The molecule has 1 amide bonds. The van der Waals surface area contributed by atoms with Crippen molar-refractivity contribution in [1.29, 1.82) is 0 Å². The van der Waals surface area contributed by atoms with E-state index in [9.17, 15) is 4.79 Å². The maximum atomic E-state index is 12.7. The zero-order chi connectivity index (χ0) is 14.9.